The molecular weight excluding hydrogens is 353 g/mol. The van der Waals surface area contributed by atoms with Crippen molar-refractivity contribution in [2.24, 2.45) is 17.8 Å². The number of amides is 1. The number of likely N-dealkylation sites (tertiary alicyclic amines) is 1. The molecule has 6 heteroatoms. The second-order valence-electron chi connectivity index (χ2n) is 8.85. The van der Waals surface area contributed by atoms with Gasteiger partial charge in [-0.1, -0.05) is 19.4 Å². The predicted octanol–water partition coefficient (Wildman–Crippen LogP) is 4.68. The van der Waals surface area contributed by atoms with Crippen LogP contribution in [-0.2, 0) is 4.79 Å². The Labute approximate surface area is 160 Å². The molecule has 0 aromatic rings. The van der Waals surface area contributed by atoms with Gasteiger partial charge < -0.3 is 5.32 Å². The highest BCUT2D eigenvalue weighted by atomic mass is 19.4. The second-order valence-corrected chi connectivity index (χ2v) is 8.85. The van der Waals surface area contributed by atoms with Gasteiger partial charge in [0.05, 0.1) is 5.92 Å². The predicted molar refractivity (Wildman–Crippen MR) is 100 cm³/mol. The maximum absolute atomic E-state index is 13.0. The van der Waals surface area contributed by atoms with Crippen molar-refractivity contribution in [3.8, 4) is 0 Å². The van der Waals surface area contributed by atoms with Crippen molar-refractivity contribution in [2.45, 2.75) is 89.0 Å². The molecule has 154 valence electrons. The third-order valence-corrected chi connectivity index (χ3v) is 7.24. The van der Waals surface area contributed by atoms with E-state index >= 15 is 0 Å². The largest absolute Gasteiger partial charge is 0.391 e. The van der Waals surface area contributed by atoms with Crippen molar-refractivity contribution in [3.63, 3.8) is 0 Å². The zero-order valence-corrected chi connectivity index (χ0v) is 16.3. The summed E-state index contributed by atoms with van der Waals surface area (Å²) in [5.41, 5.74) is 0. The summed E-state index contributed by atoms with van der Waals surface area (Å²) in [6, 6.07) is 0.844. The molecule has 1 N–H and O–H groups in total. The van der Waals surface area contributed by atoms with E-state index in [4.69, 9.17) is 0 Å². The van der Waals surface area contributed by atoms with Crippen molar-refractivity contribution in [2.75, 3.05) is 6.54 Å². The van der Waals surface area contributed by atoms with Crippen LogP contribution < -0.4 is 5.32 Å². The summed E-state index contributed by atoms with van der Waals surface area (Å²) in [5.74, 6) is -0.303. The number of piperidine rings is 1. The number of nitrogens with zero attached hydrogens (tertiary/aromatic N) is 1. The molecule has 1 saturated heterocycles. The van der Waals surface area contributed by atoms with E-state index in [-0.39, 0.29) is 30.8 Å². The molecule has 3 aliphatic rings. The van der Waals surface area contributed by atoms with Crippen LogP contribution in [0.5, 0.6) is 0 Å². The molecule has 0 spiro atoms. The fourth-order valence-electron chi connectivity index (χ4n) is 5.69. The van der Waals surface area contributed by atoms with E-state index in [1.807, 2.05) is 6.92 Å². The number of carbonyl (C=O) groups excluding carboxylic acids is 1. The molecule has 0 radical (unpaired) electrons. The quantitative estimate of drug-likeness (QED) is 0.712. The lowest BCUT2D eigenvalue weighted by molar-refractivity contribution is -0.186. The molecule has 1 heterocycles. The maximum atomic E-state index is 13.0. The van der Waals surface area contributed by atoms with Crippen LogP contribution in [0.3, 0.4) is 0 Å². The number of fused-ring (bicyclic) bond motifs is 1. The van der Waals surface area contributed by atoms with Gasteiger partial charge in [0.15, 0.2) is 0 Å². The number of carbonyl (C=O) groups is 1. The average Bonchev–Trinajstić information content (AvgIpc) is 2.66. The molecule has 0 aromatic heterocycles. The Kier molecular flexibility index (Phi) is 6.54. The van der Waals surface area contributed by atoms with Crippen LogP contribution >= 0.6 is 0 Å². The number of rotatable bonds is 4. The Hall–Kier alpha value is -1.04. The molecule has 1 aliphatic heterocycles. The number of nitrogens with one attached hydrogen (secondary N) is 1. The first-order valence-corrected chi connectivity index (χ1v) is 10.5. The molecular formula is C21H33F3N2O. The highest BCUT2D eigenvalue weighted by Gasteiger charge is 2.46. The van der Waals surface area contributed by atoms with E-state index < -0.39 is 12.1 Å². The molecule has 3 nitrogen and oxygen atoms in total. The maximum Gasteiger partial charge on any atom is 0.391 e. The van der Waals surface area contributed by atoms with Crippen LogP contribution in [0.1, 0.15) is 64.7 Å². The zero-order chi connectivity index (χ0) is 19.6. The van der Waals surface area contributed by atoms with Crippen molar-refractivity contribution in [1.29, 1.82) is 0 Å². The molecule has 3 rings (SSSR count). The van der Waals surface area contributed by atoms with Gasteiger partial charge in [-0.2, -0.15) is 13.2 Å². The Morgan fingerprint density at radius 1 is 1.15 bits per heavy atom. The number of halogens is 3. The highest BCUT2D eigenvalue weighted by Crippen LogP contribution is 2.44. The SMILES string of the molecule is C=CC(=O)NC(C)C1CC2CCCCC2N(C2CCC(C(F)(F)F)CC2)C1. The third-order valence-electron chi connectivity index (χ3n) is 7.24. The Bertz CT molecular complexity index is 528. The van der Waals surface area contributed by atoms with Gasteiger partial charge in [0.2, 0.25) is 5.91 Å². The zero-order valence-electron chi connectivity index (χ0n) is 16.3. The Morgan fingerprint density at radius 2 is 1.81 bits per heavy atom. The molecule has 2 saturated carbocycles. The van der Waals surface area contributed by atoms with Gasteiger partial charge in [-0.05, 0) is 69.8 Å². The highest BCUT2D eigenvalue weighted by molar-refractivity contribution is 5.87. The molecule has 3 fully saturated rings. The minimum absolute atomic E-state index is 0.0624. The minimum Gasteiger partial charge on any atom is -0.350 e. The first-order valence-electron chi connectivity index (χ1n) is 10.5. The fourth-order valence-corrected chi connectivity index (χ4v) is 5.69. The van der Waals surface area contributed by atoms with Crippen LogP contribution in [0.2, 0.25) is 0 Å². The van der Waals surface area contributed by atoms with E-state index in [9.17, 15) is 18.0 Å². The summed E-state index contributed by atoms with van der Waals surface area (Å²) in [6.07, 6.45) is 5.02. The van der Waals surface area contributed by atoms with Crippen LogP contribution in [0.15, 0.2) is 12.7 Å². The number of alkyl halides is 3. The standard InChI is InChI=1S/C21H33F3N2O/c1-3-20(27)25-14(2)16-12-15-6-4-5-7-19(15)26(13-16)18-10-8-17(9-11-18)21(22,23)24/h3,14-19H,1,4-13H2,2H3,(H,25,27). The van der Waals surface area contributed by atoms with Gasteiger partial charge in [0.25, 0.3) is 0 Å². The molecule has 2 aliphatic carbocycles. The molecule has 4 atom stereocenters. The van der Waals surface area contributed by atoms with Gasteiger partial charge in [-0.15, -0.1) is 0 Å². The van der Waals surface area contributed by atoms with Crippen LogP contribution in [0.4, 0.5) is 13.2 Å². The van der Waals surface area contributed by atoms with E-state index in [2.05, 4.69) is 16.8 Å². The summed E-state index contributed by atoms with van der Waals surface area (Å²) < 4.78 is 39.1. The van der Waals surface area contributed by atoms with Crippen LogP contribution in [0, 0.1) is 17.8 Å². The number of hydrogen-bond donors (Lipinski definition) is 1. The van der Waals surface area contributed by atoms with Crippen LogP contribution in [-0.4, -0.2) is 41.7 Å². The Morgan fingerprint density at radius 3 is 2.44 bits per heavy atom. The minimum atomic E-state index is -4.05. The van der Waals surface area contributed by atoms with E-state index in [0.29, 0.717) is 30.7 Å². The smallest absolute Gasteiger partial charge is 0.350 e. The van der Waals surface area contributed by atoms with Gasteiger partial charge in [-0.25, -0.2) is 0 Å². The lowest BCUT2D eigenvalue weighted by atomic mass is 9.71. The molecule has 1 amide bonds. The molecule has 0 aromatic carbocycles. The van der Waals surface area contributed by atoms with Crippen molar-refractivity contribution < 1.29 is 18.0 Å². The topological polar surface area (TPSA) is 32.3 Å². The Balaban J connectivity index is 1.68. The summed E-state index contributed by atoms with van der Waals surface area (Å²) >= 11 is 0. The molecule has 0 bridgehead atoms. The van der Waals surface area contributed by atoms with Gasteiger partial charge >= 0.3 is 6.18 Å². The summed E-state index contributed by atoms with van der Waals surface area (Å²) in [5, 5.41) is 3.01. The van der Waals surface area contributed by atoms with E-state index in [0.717, 1.165) is 13.0 Å². The van der Waals surface area contributed by atoms with Crippen molar-refractivity contribution in [3.05, 3.63) is 12.7 Å². The second kappa shape index (κ2) is 8.54. The molecule has 27 heavy (non-hydrogen) atoms. The lowest BCUT2D eigenvalue weighted by Crippen LogP contribution is -2.58. The fraction of sp³-hybridized carbons (Fsp3) is 0.857. The lowest BCUT2D eigenvalue weighted by Gasteiger charge is -2.52. The van der Waals surface area contributed by atoms with E-state index in [1.165, 1.54) is 31.8 Å². The van der Waals surface area contributed by atoms with Crippen molar-refractivity contribution >= 4 is 5.91 Å². The summed E-state index contributed by atoms with van der Waals surface area (Å²) in [4.78, 5) is 14.3. The molecule has 4 unspecified atom stereocenters. The number of hydrogen-bond acceptors (Lipinski definition) is 2. The summed E-state index contributed by atoms with van der Waals surface area (Å²) in [7, 11) is 0. The average molecular weight is 387 g/mol. The summed E-state index contributed by atoms with van der Waals surface area (Å²) in [6.45, 7) is 6.46. The normalized spacial score (nSPS) is 36.5. The first kappa shape index (κ1) is 20.7. The first-order chi connectivity index (χ1) is 12.8. The van der Waals surface area contributed by atoms with Crippen molar-refractivity contribution in [1.82, 2.24) is 10.2 Å². The van der Waals surface area contributed by atoms with Gasteiger partial charge in [-0.3, -0.25) is 9.69 Å². The van der Waals surface area contributed by atoms with Gasteiger partial charge in [0, 0.05) is 24.7 Å². The van der Waals surface area contributed by atoms with Crippen LogP contribution in [0.25, 0.3) is 0 Å². The monoisotopic (exact) mass is 386 g/mol. The third kappa shape index (κ3) is 4.87. The van der Waals surface area contributed by atoms with E-state index in [1.54, 1.807) is 0 Å². The van der Waals surface area contributed by atoms with Gasteiger partial charge in [0.1, 0.15) is 0 Å².